The summed E-state index contributed by atoms with van der Waals surface area (Å²) in [6.45, 7) is 4.04. The van der Waals surface area contributed by atoms with E-state index in [1.807, 2.05) is 19.1 Å². The van der Waals surface area contributed by atoms with Gasteiger partial charge in [-0.2, -0.15) is 5.26 Å². The molecule has 0 N–H and O–H groups in total. The lowest BCUT2D eigenvalue weighted by Gasteiger charge is -2.10. The molecule has 0 spiro atoms. The van der Waals surface area contributed by atoms with Gasteiger partial charge in [-0.15, -0.1) is 0 Å². The number of aryl methyl sites for hydroxylation is 1. The molecule has 1 fully saturated rings. The predicted molar refractivity (Wildman–Crippen MR) is 56.3 cm³/mol. The van der Waals surface area contributed by atoms with E-state index in [0.717, 1.165) is 30.9 Å². The highest BCUT2D eigenvalue weighted by Crippen LogP contribution is 2.24. The van der Waals surface area contributed by atoms with Crippen LogP contribution in [0.5, 0.6) is 0 Å². The molecular weight excluding hydrogens is 188 g/mol. The molecule has 1 aliphatic rings. The van der Waals surface area contributed by atoms with Crippen LogP contribution in [0.2, 0.25) is 0 Å². The van der Waals surface area contributed by atoms with Crippen LogP contribution in [0.4, 0.5) is 0 Å². The van der Waals surface area contributed by atoms with Gasteiger partial charge in [0.25, 0.3) is 0 Å². The van der Waals surface area contributed by atoms with Crippen LogP contribution >= 0.6 is 0 Å². The number of hydrogen-bond donors (Lipinski definition) is 0. The first-order chi connectivity index (χ1) is 7.19. The maximum absolute atomic E-state index is 8.80. The number of hydrogen-bond acceptors (Lipinski definition) is 4. The fourth-order valence-corrected chi connectivity index (χ4v) is 2.03. The van der Waals surface area contributed by atoms with Crippen LogP contribution in [0.3, 0.4) is 0 Å². The zero-order valence-corrected chi connectivity index (χ0v) is 9.06. The zero-order chi connectivity index (χ0) is 10.8. The van der Waals surface area contributed by atoms with Gasteiger partial charge < -0.3 is 4.90 Å². The van der Waals surface area contributed by atoms with E-state index >= 15 is 0 Å². The first-order valence-corrected chi connectivity index (χ1v) is 5.13. The predicted octanol–water partition coefficient (Wildman–Crippen LogP) is 1.08. The van der Waals surface area contributed by atoms with Crippen molar-refractivity contribution >= 4 is 0 Å². The van der Waals surface area contributed by atoms with E-state index in [-0.39, 0.29) is 0 Å². The van der Waals surface area contributed by atoms with E-state index in [1.54, 1.807) is 0 Å². The van der Waals surface area contributed by atoms with Gasteiger partial charge in [0.1, 0.15) is 6.07 Å². The summed E-state index contributed by atoms with van der Waals surface area (Å²) in [5.41, 5.74) is 1.90. The van der Waals surface area contributed by atoms with Crippen molar-refractivity contribution in [3.8, 4) is 6.07 Å². The van der Waals surface area contributed by atoms with Gasteiger partial charge in [0.15, 0.2) is 0 Å². The summed E-state index contributed by atoms with van der Waals surface area (Å²) in [5, 5.41) is 8.80. The first kappa shape index (κ1) is 10.1. The molecule has 4 nitrogen and oxygen atoms in total. The summed E-state index contributed by atoms with van der Waals surface area (Å²) in [4.78, 5) is 10.6. The minimum absolute atomic E-state index is 0.291. The van der Waals surface area contributed by atoms with Gasteiger partial charge in [-0.1, -0.05) is 0 Å². The number of rotatable bonds is 1. The minimum Gasteiger partial charge on any atom is -0.306 e. The molecule has 78 valence electrons. The molecule has 1 saturated heterocycles. The molecule has 0 aliphatic carbocycles. The van der Waals surface area contributed by atoms with Crippen molar-refractivity contribution < 1.29 is 0 Å². The molecule has 2 heterocycles. The van der Waals surface area contributed by atoms with Crippen LogP contribution in [-0.2, 0) is 0 Å². The second-order valence-corrected chi connectivity index (χ2v) is 4.12. The first-order valence-electron chi connectivity index (χ1n) is 5.13. The summed E-state index contributed by atoms with van der Waals surface area (Å²) < 4.78 is 0. The van der Waals surface area contributed by atoms with Gasteiger partial charge in [-0.05, 0) is 33.0 Å². The molecular formula is C11H14N4. The maximum Gasteiger partial charge on any atom is 0.232 e. The largest absolute Gasteiger partial charge is 0.306 e. The Morgan fingerprint density at radius 1 is 1.53 bits per heavy atom. The highest BCUT2D eigenvalue weighted by atomic mass is 15.1. The SMILES string of the molecule is Cc1cc(C2CCN(C)C2)nc(C#N)n1. The third kappa shape index (κ3) is 2.13. The van der Waals surface area contributed by atoms with Gasteiger partial charge in [-0.3, -0.25) is 0 Å². The van der Waals surface area contributed by atoms with Crippen LogP contribution in [0, 0.1) is 18.3 Å². The zero-order valence-electron chi connectivity index (χ0n) is 9.06. The molecule has 0 bridgehead atoms. The number of nitriles is 1. The Labute approximate surface area is 89.6 Å². The lowest BCUT2D eigenvalue weighted by atomic mass is 10.0. The molecule has 0 aromatic carbocycles. The van der Waals surface area contributed by atoms with Crippen LogP contribution < -0.4 is 0 Å². The minimum atomic E-state index is 0.291. The fraction of sp³-hybridized carbons (Fsp3) is 0.545. The lowest BCUT2D eigenvalue weighted by Crippen LogP contribution is -2.14. The Balaban J connectivity index is 2.29. The second kappa shape index (κ2) is 3.95. The van der Waals surface area contributed by atoms with E-state index in [4.69, 9.17) is 5.26 Å². The molecule has 4 heteroatoms. The van der Waals surface area contributed by atoms with Crippen molar-refractivity contribution in [1.82, 2.24) is 14.9 Å². The van der Waals surface area contributed by atoms with Crippen LogP contribution in [-0.4, -0.2) is 35.0 Å². The smallest absolute Gasteiger partial charge is 0.232 e. The Bertz CT molecular complexity index is 408. The van der Waals surface area contributed by atoms with Crippen molar-refractivity contribution in [2.75, 3.05) is 20.1 Å². The Hall–Kier alpha value is -1.47. The third-order valence-corrected chi connectivity index (χ3v) is 2.78. The van der Waals surface area contributed by atoms with Crippen molar-refractivity contribution in [2.24, 2.45) is 0 Å². The molecule has 0 radical (unpaired) electrons. The highest BCUT2D eigenvalue weighted by Gasteiger charge is 2.22. The number of likely N-dealkylation sites (tertiary alicyclic amines) is 1. The topological polar surface area (TPSA) is 52.8 Å². The van der Waals surface area contributed by atoms with Gasteiger partial charge in [0.2, 0.25) is 5.82 Å². The average molecular weight is 202 g/mol. The maximum atomic E-state index is 8.80. The van der Waals surface area contributed by atoms with Gasteiger partial charge in [-0.25, -0.2) is 9.97 Å². The molecule has 15 heavy (non-hydrogen) atoms. The number of aromatic nitrogens is 2. The van der Waals surface area contributed by atoms with Crippen molar-refractivity contribution in [1.29, 1.82) is 5.26 Å². The summed E-state index contributed by atoms with van der Waals surface area (Å²) in [6.07, 6.45) is 1.12. The number of likely N-dealkylation sites (N-methyl/N-ethyl adjacent to an activating group) is 1. The molecule has 2 rings (SSSR count). The molecule has 1 aliphatic heterocycles. The van der Waals surface area contributed by atoms with Crippen LogP contribution in [0.25, 0.3) is 0 Å². The summed E-state index contributed by atoms with van der Waals surface area (Å²) in [7, 11) is 2.11. The van der Waals surface area contributed by atoms with Crippen LogP contribution in [0.1, 0.15) is 29.6 Å². The van der Waals surface area contributed by atoms with Crippen LogP contribution in [0.15, 0.2) is 6.07 Å². The molecule has 1 aromatic heterocycles. The Morgan fingerprint density at radius 3 is 2.93 bits per heavy atom. The van der Waals surface area contributed by atoms with Gasteiger partial charge in [0.05, 0.1) is 0 Å². The fourth-order valence-electron chi connectivity index (χ4n) is 2.03. The summed E-state index contributed by atoms with van der Waals surface area (Å²) in [5.74, 6) is 0.753. The summed E-state index contributed by atoms with van der Waals surface area (Å²) in [6, 6.07) is 4.00. The summed E-state index contributed by atoms with van der Waals surface area (Å²) >= 11 is 0. The van der Waals surface area contributed by atoms with Gasteiger partial charge >= 0.3 is 0 Å². The van der Waals surface area contributed by atoms with Crippen molar-refractivity contribution in [2.45, 2.75) is 19.3 Å². The molecule has 1 unspecified atom stereocenters. The molecule has 1 atom stereocenters. The third-order valence-electron chi connectivity index (χ3n) is 2.78. The standard InChI is InChI=1S/C11H14N4/c1-8-5-10(14-11(6-12)13-8)9-3-4-15(2)7-9/h5,9H,3-4,7H2,1-2H3. The van der Waals surface area contributed by atoms with E-state index in [2.05, 4.69) is 21.9 Å². The molecule has 0 amide bonds. The monoisotopic (exact) mass is 202 g/mol. The van der Waals surface area contributed by atoms with E-state index in [0.29, 0.717) is 11.7 Å². The quantitative estimate of drug-likeness (QED) is 0.683. The number of nitrogens with zero attached hydrogens (tertiary/aromatic N) is 4. The van der Waals surface area contributed by atoms with E-state index in [9.17, 15) is 0 Å². The molecule has 0 saturated carbocycles. The van der Waals surface area contributed by atoms with Crippen molar-refractivity contribution in [3.05, 3.63) is 23.3 Å². The van der Waals surface area contributed by atoms with Crippen molar-refractivity contribution in [3.63, 3.8) is 0 Å². The van der Waals surface area contributed by atoms with E-state index in [1.165, 1.54) is 0 Å². The second-order valence-electron chi connectivity index (χ2n) is 4.12. The Kier molecular flexibility index (Phi) is 2.65. The normalized spacial score (nSPS) is 21.5. The molecule has 1 aromatic rings. The van der Waals surface area contributed by atoms with Gasteiger partial charge in [0, 0.05) is 23.9 Å². The van der Waals surface area contributed by atoms with E-state index < -0.39 is 0 Å². The highest BCUT2D eigenvalue weighted by molar-refractivity contribution is 5.21. The average Bonchev–Trinajstić information content (AvgIpc) is 2.64. The lowest BCUT2D eigenvalue weighted by molar-refractivity contribution is 0.410. The Morgan fingerprint density at radius 2 is 2.33 bits per heavy atom.